The van der Waals surface area contributed by atoms with Gasteiger partial charge in [0.1, 0.15) is 0 Å². The molecule has 7 heteroatoms. The van der Waals surface area contributed by atoms with Gasteiger partial charge < -0.3 is 20.7 Å². The van der Waals surface area contributed by atoms with Gasteiger partial charge in [0.2, 0.25) is 11.8 Å². The number of carbonyl (C=O) groups is 2. The van der Waals surface area contributed by atoms with Gasteiger partial charge in [0.15, 0.2) is 0 Å². The average Bonchev–Trinajstić information content (AvgIpc) is 3.25. The number of nitrogens with one attached hydrogen (secondary N) is 1. The van der Waals surface area contributed by atoms with Crippen LogP contribution in [0.3, 0.4) is 0 Å². The molecule has 0 atom stereocenters. The molecule has 0 radical (unpaired) electrons. The summed E-state index contributed by atoms with van der Waals surface area (Å²) in [5, 5.41) is 2.84. The van der Waals surface area contributed by atoms with Crippen molar-refractivity contribution in [1.82, 2.24) is 15.2 Å². The third kappa shape index (κ3) is 3.76. The van der Waals surface area contributed by atoms with Crippen LogP contribution < -0.4 is 15.8 Å². The van der Waals surface area contributed by atoms with Crippen LogP contribution in [-0.4, -0.2) is 41.4 Å². The van der Waals surface area contributed by atoms with Crippen molar-refractivity contribution in [3.63, 3.8) is 0 Å². The predicted octanol–water partition coefficient (Wildman–Crippen LogP) is 1.34. The van der Waals surface area contributed by atoms with E-state index in [0.29, 0.717) is 50.0 Å². The van der Waals surface area contributed by atoms with Crippen LogP contribution in [-0.2, 0) is 17.9 Å². The van der Waals surface area contributed by atoms with Crippen LogP contribution in [0.1, 0.15) is 60.1 Å². The Morgan fingerprint density at radius 3 is 2.88 bits per heavy atom. The van der Waals surface area contributed by atoms with Gasteiger partial charge in [-0.3, -0.25) is 9.59 Å². The second kappa shape index (κ2) is 7.82. The van der Waals surface area contributed by atoms with Gasteiger partial charge in [0.05, 0.1) is 24.9 Å². The molecule has 136 valence electrons. The molecule has 1 aliphatic carbocycles. The molecule has 0 spiro atoms. The molecule has 0 bridgehead atoms. The van der Waals surface area contributed by atoms with E-state index < -0.39 is 0 Å². The molecule has 2 amide bonds. The minimum atomic E-state index is -0.0630. The van der Waals surface area contributed by atoms with E-state index in [1.54, 1.807) is 7.11 Å². The number of carbonyl (C=O) groups excluding carboxylic acids is 2. The molecule has 3 N–H and O–H groups in total. The quantitative estimate of drug-likeness (QED) is 0.776. The van der Waals surface area contributed by atoms with Crippen molar-refractivity contribution in [3.8, 4) is 5.88 Å². The van der Waals surface area contributed by atoms with Crippen molar-refractivity contribution >= 4 is 11.8 Å². The molecular weight excluding hydrogens is 320 g/mol. The fourth-order valence-corrected chi connectivity index (χ4v) is 3.63. The fraction of sp³-hybridized carbons (Fsp3) is 0.611. The summed E-state index contributed by atoms with van der Waals surface area (Å²) in [5.74, 6) is 0.457. The first kappa shape index (κ1) is 17.7. The minimum Gasteiger partial charge on any atom is -0.481 e. The lowest BCUT2D eigenvalue weighted by atomic mass is 10.1. The van der Waals surface area contributed by atoms with Crippen LogP contribution in [0.2, 0.25) is 0 Å². The van der Waals surface area contributed by atoms with E-state index in [1.165, 1.54) is 12.8 Å². The third-order valence-corrected chi connectivity index (χ3v) is 4.99. The highest BCUT2D eigenvalue weighted by Gasteiger charge is 2.35. The molecule has 1 aromatic heterocycles. The summed E-state index contributed by atoms with van der Waals surface area (Å²) in [6.07, 6.45) is 5.55. The Hall–Kier alpha value is -2.15. The van der Waals surface area contributed by atoms with Crippen LogP contribution in [0.25, 0.3) is 0 Å². The Morgan fingerprint density at radius 1 is 1.44 bits per heavy atom. The van der Waals surface area contributed by atoms with Crippen molar-refractivity contribution in [3.05, 3.63) is 22.9 Å². The molecule has 3 rings (SSSR count). The van der Waals surface area contributed by atoms with Gasteiger partial charge in [-0.05, 0) is 31.9 Å². The molecule has 2 heterocycles. The maximum atomic E-state index is 12.8. The number of pyridine rings is 1. The molecule has 2 aliphatic rings. The first-order chi connectivity index (χ1) is 12.1. The van der Waals surface area contributed by atoms with E-state index in [0.717, 1.165) is 24.1 Å². The largest absolute Gasteiger partial charge is 0.481 e. The molecular formula is C18H26N4O3. The zero-order valence-electron chi connectivity index (χ0n) is 14.7. The highest BCUT2D eigenvalue weighted by Crippen LogP contribution is 2.33. The van der Waals surface area contributed by atoms with Crippen molar-refractivity contribution in [1.29, 1.82) is 0 Å². The Morgan fingerprint density at radius 2 is 2.20 bits per heavy atom. The number of hydrogen-bond acceptors (Lipinski definition) is 5. The van der Waals surface area contributed by atoms with Gasteiger partial charge in [-0.2, -0.15) is 0 Å². The summed E-state index contributed by atoms with van der Waals surface area (Å²) in [4.78, 5) is 31.0. The number of methoxy groups -OCH3 is 1. The van der Waals surface area contributed by atoms with Gasteiger partial charge in [0, 0.05) is 24.6 Å². The molecule has 1 aliphatic heterocycles. The van der Waals surface area contributed by atoms with E-state index in [2.05, 4.69) is 10.3 Å². The number of nitrogens with two attached hydrogens (primary N) is 1. The van der Waals surface area contributed by atoms with Gasteiger partial charge in [-0.1, -0.05) is 12.8 Å². The zero-order chi connectivity index (χ0) is 17.8. The minimum absolute atomic E-state index is 0.0489. The van der Waals surface area contributed by atoms with Crippen LogP contribution in [0.4, 0.5) is 0 Å². The highest BCUT2D eigenvalue weighted by molar-refractivity contribution is 5.98. The number of ether oxygens (including phenoxy) is 1. The van der Waals surface area contributed by atoms with Gasteiger partial charge in [-0.25, -0.2) is 4.98 Å². The Labute approximate surface area is 147 Å². The monoisotopic (exact) mass is 346 g/mol. The lowest BCUT2D eigenvalue weighted by Gasteiger charge is -2.22. The second-order valence-electron chi connectivity index (χ2n) is 6.69. The van der Waals surface area contributed by atoms with E-state index in [1.807, 2.05) is 11.0 Å². The first-order valence-electron chi connectivity index (χ1n) is 8.98. The summed E-state index contributed by atoms with van der Waals surface area (Å²) < 4.78 is 5.37. The molecule has 1 fully saturated rings. The standard InChI is InChI=1S/C18H26N4O3/c1-25-17-12(10-20-16(23)7-4-8-19)9-14-15(21-17)11-22(18(14)24)13-5-2-3-6-13/h9,13H,2-8,10-11,19H2,1H3,(H,20,23). The molecule has 0 unspecified atom stereocenters. The van der Waals surface area contributed by atoms with E-state index in [4.69, 9.17) is 10.5 Å². The SMILES string of the molecule is COc1nc2c(cc1CNC(=O)CCCN)C(=O)N(C1CCCC1)C2. The van der Waals surface area contributed by atoms with Crippen molar-refractivity contribution in [2.24, 2.45) is 5.73 Å². The third-order valence-electron chi connectivity index (χ3n) is 4.99. The van der Waals surface area contributed by atoms with Crippen molar-refractivity contribution in [2.75, 3.05) is 13.7 Å². The van der Waals surface area contributed by atoms with Crippen molar-refractivity contribution in [2.45, 2.75) is 57.7 Å². The Balaban J connectivity index is 1.74. The molecule has 1 saturated carbocycles. The fourth-order valence-electron chi connectivity index (χ4n) is 3.63. The van der Waals surface area contributed by atoms with E-state index >= 15 is 0 Å². The zero-order valence-corrected chi connectivity index (χ0v) is 14.7. The average molecular weight is 346 g/mol. The lowest BCUT2D eigenvalue weighted by Crippen LogP contribution is -2.33. The maximum absolute atomic E-state index is 12.8. The molecule has 0 aromatic carbocycles. The first-order valence-corrected chi connectivity index (χ1v) is 8.98. The molecule has 7 nitrogen and oxygen atoms in total. The Kier molecular flexibility index (Phi) is 5.53. The van der Waals surface area contributed by atoms with E-state index in [-0.39, 0.29) is 11.8 Å². The number of hydrogen-bond donors (Lipinski definition) is 2. The molecule has 1 aromatic rings. The van der Waals surface area contributed by atoms with Crippen LogP contribution in [0.5, 0.6) is 5.88 Å². The van der Waals surface area contributed by atoms with Crippen LogP contribution in [0.15, 0.2) is 6.07 Å². The smallest absolute Gasteiger partial charge is 0.256 e. The second-order valence-corrected chi connectivity index (χ2v) is 6.69. The topological polar surface area (TPSA) is 97.5 Å². The number of rotatable bonds is 7. The van der Waals surface area contributed by atoms with Crippen molar-refractivity contribution < 1.29 is 14.3 Å². The number of aromatic nitrogens is 1. The Bertz CT molecular complexity index is 656. The molecule has 0 saturated heterocycles. The summed E-state index contributed by atoms with van der Waals surface area (Å²) in [6, 6.07) is 2.15. The summed E-state index contributed by atoms with van der Waals surface area (Å²) in [5.41, 5.74) is 7.55. The molecule has 25 heavy (non-hydrogen) atoms. The van der Waals surface area contributed by atoms with Gasteiger partial charge >= 0.3 is 0 Å². The number of nitrogens with zero attached hydrogens (tertiary/aromatic N) is 2. The lowest BCUT2D eigenvalue weighted by molar-refractivity contribution is -0.121. The number of fused-ring (bicyclic) bond motifs is 1. The van der Waals surface area contributed by atoms with E-state index in [9.17, 15) is 9.59 Å². The highest BCUT2D eigenvalue weighted by atomic mass is 16.5. The summed E-state index contributed by atoms with van der Waals surface area (Å²) >= 11 is 0. The maximum Gasteiger partial charge on any atom is 0.256 e. The van der Waals surface area contributed by atoms with Crippen LogP contribution in [0, 0.1) is 0 Å². The predicted molar refractivity (Wildman–Crippen MR) is 93.1 cm³/mol. The van der Waals surface area contributed by atoms with Crippen LogP contribution >= 0.6 is 0 Å². The number of amides is 2. The summed E-state index contributed by atoms with van der Waals surface area (Å²) in [6.45, 7) is 1.34. The van der Waals surface area contributed by atoms with Gasteiger partial charge in [0.25, 0.3) is 5.91 Å². The normalized spacial score (nSPS) is 17.0. The van der Waals surface area contributed by atoms with Gasteiger partial charge in [-0.15, -0.1) is 0 Å². The summed E-state index contributed by atoms with van der Waals surface area (Å²) in [7, 11) is 1.56.